The number of hydrogen-bond donors (Lipinski definition) is 2. The standard InChI is InChI=1S/C15H17N5O2.ClH/c1-9-4-5-12(21-9)10-8-11(19-18-10)13-17-14(20-22-13)15(16)6-2-3-7-15;/h4-5,8H,2-3,6-7,16H2,1H3,(H,18,19);1H. The molecule has 0 bridgehead atoms. The smallest absolute Gasteiger partial charge is 0.276 e. The van der Waals surface area contributed by atoms with E-state index in [2.05, 4.69) is 20.3 Å². The summed E-state index contributed by atoms with van der Waals surface area (Å²) in [5.74, 6) is 2.51. The molecule has 7 nitrogen and oxygen atoms in total. The second kappa shape index (κ2) is 5.82. The zero-order chi connectivity index (χ0) is 15.2. The summed E-state index contributed by atoms with van der Waals surface area (Å²) in [5, 5.41) is 11.2. The molecule has 3 N–H and O–H groups in total. The van der Waals surface area contributed by atoms with E-state index in [0.717, 1.165) is 31.4 Å². The molecule has 0 saturated heterocycles. The third-order valence-electron chi connectivity index (χ3n) is 4.17. The van der Waals surface area contributed by atoms with Crippen molar-refractivity contribution in [2.75, 3.05) is 0 Å². The number of aromatic nitrogens is 4. The van der Waals surface area contributed by atoms with Crippen LogP contribution in [0.15, 0.2) is 27.1 Å². The third-order valence-corrected chi connectivity index (χ3v) is 4.17. The Balaban J connectivity index is 0.00000156. The molecule has 1 saturated carbocycles. The van der Waals surface area contributed by atoms with Crippen LogP contribution in [0.2, 0.25) is 0 Å². The first kappa shape index (κ1) is 15.8. The molecule has 122 valence electrons. The van der Waals surface area contributed by atoms with Crippen LogP contribution in [-0.2, 0) is 5.54 Å². The zero-order valence-electron chi connectivity index (χ0n) is 12.7. The van der Waals surface area contributed by atoms with Crippen molar-refractivity contribution in [1.29, 1.82) is 0 Å². The first-order valence-electron chi connectivity index (χ1n) is 7.40. The molecule has 0 amide bonds. The summed E-state index contributed by atoms with van der Waals surface area (Å²) in [6, 6.07) is 5.60. The summed E-state index contributed by atoms with van der Waals surface area (Å²) in [6.07, 6.45) is 4.00. The fraction of sp³-hybridized carbons (Fsp3) is 0.400. The van der Waals surface area contributed by atoms with Gasteiger partial charge in [-0.3, -0.25) is 5.10 Å². The Labute approximate surface area is 139 Å². The van der Waals surface area contributed by atoms with Crippen LogP contribution in [0.3, 0.4) is 0 Å². The minimum Gasteiger partial charge on any atom is -0.460 e. The molecule has 1 aliphatic rings. The Morgan fingerprint density at radius 1 is 1.26 bits per heavy atom. The predicted molar refractivity (Wildman–Crippen MR) is 85.9 cm³/mol. The molecular weight excluding hydrogens is 318 g/mol. The monoisotopic (exact) mass is 335 g/mol. The van der Waals surface area contributed by atoms with Gasteiger partial charge in [0.05, 0.1) is 5.54 Å². The fourth-order valence-corrected chi connectivity index (χ4v) is 2.89. The summed E-state index contributed by atoms with van der Waals surface area (Å²) in [4.78, 5) is 4.44. The van der Waals surface area contributed by atoms with E-state index in [1.165, 1.54) is 0 Å². The number of aromatic amines is 1. The molecular formula is C15H18ClN5O2. The fourth-order valence-electron chi connectivity index (χ4n) is 2.89. The van der Waals surface area contributed by atoms with Crippen molar-refractivity contribution in [3.05, 3.63) is 29.8 Å². The number of rotatable bonds is 3. The molecule has 3 aromatic heterocycles. The summed E-state index contributed by atoms with van der Waals surface area (Å²) in [7, 11) is 0. The lowest BCUT2D eigenvalue weighted by molar-refractivity contribution is 0.372. The van der Waals surface area contributed by atoms with E-state index in [9.17, 15) is 0 Å². The second-order valence-electron chi connectivity index (χ2n) is 5.86. The predicted octanol–water partition coefficient (Wildman–Crippen LogP) is 3.18. The van der Waals surface area contributed by atoms with Gasteiger partial charge in [-0.05, 0) is 31.9 Å². The van der Waals surface area contributed by atoms with Gasteiger partial charge < -0.3 is 14.7 Å². The van der Waals surface area contributed by atoms with Crippen LogP contribution in [0.4, 0.5) is 0 Å². The molecule has 0 aliphatic heterocycles. The lowest BCUT2D eigenvalue weighted by Gasteiger charge is -2.17. The van der Waals surface area contributed by atoms with Crippen molar-refractivity contribution in [2.45, 2.75) is 38.1 Å². The molecule has 0 radical (unpaired) electrons. The summed E-state index contributed by atoms with van der Waals surface area (Å²) >= 11 is 0. The molecule has 8 heteroatoms. The highest BCUT2D eigenvalue weighted by molar-refractivity contribution is 5.85. The van der Waals surface area contributed by atoms with Gasteiger partial charge in [-0.25, -0.2) is 0 Å². The second-order valence-corrected chi connectivity index (χ2v) is 5.86. The Hall–Kier alpha value is -2.12. The van der Waals surface area contributed by atoms with Gasteiger partial charge in [0, 0.05) is 6.07 Å². The van der Waals surface area contributed by atoms with E-state index in [-0.39, 0.29) is 12.4 Å². The Bertz CT molecular complexity index is 800. The number of furan rings is 1. The van der Waals surface area contributed by atoms with E-state index in [1.54, 1.807) is 0 Å². The molecule has 0 unspecified atom stereocenters. The van der Waals surface area contributed by atoms with Crippen LogP contribution in [-0.4, -0.2) is 20.3 Å². The van der Waals surface area contributed by atoms with Crippen LogP contribution in [0, 0.1) is 6.92 Å². The van der Waals surface area contributed by atoms with E-state index >= 15 is 0 Å². The number of nitrogens with two attached hydrogens (primary N) is 1. The first-order chi connectivity index (χ1) is 10.6. The van der Waals surface area contributed by atoms with Gasteiger partial charge in [0.1, 0.15) is 17.1 Å². The maximum Gasteiger partial charge on any atom is 0.276 e. The van der Waals surface area contributed by atoms with Crippen LogP contribution >= 0.6 is 12.4 Å². The Morgan fingerprint density at radius 2 is 2.04 bits per heavy atom. The minimum absolute atomic E-state index is 0. The van der Waals surface area contributed by atoms with Crippen molar-refractivity contribution in [3.8, 4) is 23.0 Å². The molecule has 1 aliphatic carbocycles. The van der Waals surface area contributed by atoms with E-state index in [0.29, 0.717) is 28.9 Å². The molecule has 0 spiro atoms. The van der Waals surface area contributed by atoms with Gasteiger partial charge in [0.25, 0.3) is 5.89 Å². The molecule has 23 heavy (non-hydrogen) atoms. The van der Waals surface area contributed by atoms with Gasteiger partial charge in [-0.15, -0.1) is 12.4 Å². The maximum atomic E-state index is 6.34. The molecule has 1 fully saturated rings. The Morgan fingerprint density at radius 3 is 2.74 bits per heavy atom. The topological polar surface area (TPSA) is 107 Å². The van der Waals surface area contributed by atoms with Crippen LogP contribution in [0.1, 0.15) is 37.3 Å². The molecule has 0 atom stereocenters. The highest BCUT2D eigenvalue weighted by Crippen LogP contribution is 2.35. The number of halogens is 1. The Kier molecular flexibility index (Phi) is 3.99. The SMILES string of the molecule is Cc1ccc(-c2cc(-c3nc(C4(N)CCCC4)no3)[nH]n2)o1.Cl. The summed E-state index contributed by atoms with van der Waals surface area (Å²) in [5.41, 5.74) is 7.25. The maximum absolute atomic E-state index is 6.34. The zero-order valence-corrected chi connectivity index (χ0v) is 13.5. The number of H-pyrrole nitrogens is 1. The molecule has 3 aromatic rings. The van der Waals surface area contributed by atoms with Crippen molar-refractivity contribution in [2.24, 2.45) is 5.73 Å². The molecule has 0 aromatic carbocycles. The van der Waals surface area contributed by atoms with E-state index in [1.807, 2.05) is 25.1 Å². The van der Waals surface area contributed by atoms with Gasteiger partial charge in [0.2, 0.25) is 0 Å². The number of nitrogens with zero attached hydrogens (tertiary/aromatic N) is 3. The van der Waals surface area contributed by atoms with E-state index < -0.39 is 5.54 Å². The van der Waals surface area contributed by atoms with E-state index in [4.69, 9.17) is 14.7 Å². The van der Waals surface area contributed by atoms with Crippen LogP contribution in [0.5, 0.6) is 0 Å². The highest BCUT2D eigenvalue weighted by Gasteiger charge is 2.36. The first-order valence-corrected chi connectivity index (χ1v) is 7.40. The highest BCUT2D eigenvalue weighted by atomic mass is 35.5. The van der Waals surface area contributed by atoms with Gasteiger partial charge >= 0.3 is 0 Å². The minimum atomic E-state index is -0.456. The number of hydrogen-bond acceptors (Lipinski definition) is 6. The van der Waals surface area contributed by atoms with Crippen LogP contribution in [0.25, 0.3) is 23.0 Å². The molecule has 3 heterocycles. The number of aryl methyl sites for hydroxylation is 1. The average Bonchev–Trinajstić information content (AvgIpc) is 3.25. The number of nitrogens with one attached hydrogen (secondary N) is 1. The van der Waals surface area contributed by atoms with Crippen molar-refractivity contribution < 1.29 is 8.94 Å². The summed E-state index contributed by atoms with van der Waals surface area (Å²) in [6.45, 7) is 1.89. The van der Waals surface area contributed by atoms with Gasteiger partial charge in [0.15, 0.2) is 11.6 Å². The lowest BCUT2D eigenvalue weighted by atomic mass is 9.99. The largest absolute Gasteiger partial charge is 0.460 e. The molecule has 4 rings (SSSR count). The lowest BCUT2D eigenvalue weighted by Crippen LogP contribution is -2.34. The summed E-state index contributed by atoms with van der Waals surface area (Å²) < 4.78 is 10.9. The van der Waals surface area contributed by atoms with Crippen LogP contribution < -0.4 is 5.73 Å². The van der Waals surface area contributed by atoms with Crippen molar-refractivity contribution in [3.63, 3.8) is 0 Å². The van der Waals surface area contributed by atoms with Gasteiger partial charge in [-0.1, -0.05) is 18.0 Å². The third kappa shape index (κ3) is 2.77. The van der Waals surface area contributed by atoms with Crippen molar-refractivity contribution in [1.82, 2.24) is 20.3 Å². The van der Waals surface area contributed by atoms with Crippen molar-refractivity contribution >= 4 is 12.4 Å². The average molecular weight is 336 g/mol. The van der Waals surface area contributed by atoms with Gasteiger partial charge in [-0.2, -0.15) is 10.1 Å². The normalized spacial score (nSPS) is 16.4. The quantitative estimate of drug-likeness (QED) is 0.761.